The lowest BCUT2D eigenvalue weighted by molar-refractivity contribution is 0.0485. The van der Waals surface area contributed by atoms with Crippen LogP contribution in [-0.4, -0.2) is 38.1 Å². The van der Waals surface area contributed by atoms with Gasteiger partial charge in [-0.15, -0.1) is 0 Å². The number of aryl methyl sites for hydroxylation is 1. The van der Waals surface area contributed by atoms with Crippen LogP contribution in [0.1, 0.15) is 44.9 Å². The van der Waals surface area contributed by atoms with Gasteiger partial charge in [-0.1, -0.05) is 6.07 Å². The van der Waals surface area contributed by atoms with Crippen LogP contribution >= 0.6 is 0 Å². The number of amides is 1. The van der Waals surface area contributed by atoms with Crippen LogP contribution in [0, 0.1) is 6.92 Å². The van der Waals surface area contributed by atoms with E-state index in [1.54, 1.807) is 0 Å². The van der Waals surface area contributed by atoms with Gasteiger partial charge in [-0.25, -0.2) is 4.79 Å². The molecule has 0 spiro atoms. The third-order valence-electron chi connectivity index (χ3n) is 3.97. The van der Waals surface area contributed by atoms with E-state index in [9.17, 15) is 4.79 Å². The number of hydrogen-bond acceptors (Lipinski definition) is 5. The second-order valence-corrected chi connectivity index (χ2v) is 7.31. The maximum atomic E-state index is 11.9. The zero-order valence-corrected chi connectivity index (χ0v) is 14.8. The van der Waals surface area contributed by atoms with Crippen molar-refractivity contribution in [2.45, 2.75) is 52.4 Å². The topological polar surface area (TPSA) is 66.0 Å². The number of carbonyl (C=O) groups is 1. The second kappa shape index (κ2) is 6.29. The molecule has 0 aromatic heterocycles. The highest BCUT2D eigenvalue weighted by atomic mass is 16.6. The van der Waals surface area contributed by atoms with Gasteiger partial charge in [-0.3, -0.25) is 0 Å². The molecule has 0 bridgehead atoms. The summed E-state index contributed by atoms with van der Waals surface area (Å²) in [7, 11) is -0.460. The van der Waals surface area contributed by atoms with E-state index in [1.807, 2.05) is 46.8 Å². The van der Waals surface area contributed by atoms with Crippen molar-refractivity contribution in [3.8, 4) is 5.75 Å². The maximum absolute atomic E-state index is 11.9. The largest absolute Gasteiger partial charge is 0.498 e. The molecule has 2 unspecified atom stereocenters. The fraction of sp³-hybridized carbons (Fsp3) is 0.588. The van der Waals surface area contributed by atoms with E-state index in [4.69, 9.17) is 18.8 Å². The Balaban J connectivity index is 1.78. The Morgan fingerprint density at radius 2 is 2.12 bits per heavy atom. The third-order valence-corrected chi connectivity index (χ3v) is 3.97. The molecule has 2 atom stereocenters. The average Bonchev–Trinajstić information content (AvgIpc) is 2.74. The number of benzene rings is 1. The molecule has 2 aliphatic rings. The predicted octanol–water partition coefficient (Wildman–Crippen LogP) is 2.08. The van der Waals surface area contributed by atoms with Gasteiger partial charge in [0.1, 0.15) is 18.0 Å². The fourth-order valence-electron chi connectivity index (χ4n) is 3.00. The van der Waals surface area contributed by atoms with Crippen molar-refractivity contribution in [3.63, 3.8) is 0 Å². The molecule has 7 heteroatoms. The summed E-state index contributed by atoms with van der Waals surface area (Å²) in [6, 6.07) is 3.96. The molecule has 6 nitrogen and oxygen atoms in total. The van der Waals surface area contributed by atoms with Gasteiger partial charge in [-0.05, 0) is 51.8 Å². The average molecular weight is 333 g/mol. The minimum atomic E-state index is -0.530. The van der Waals surface area contributed by atoms with Crippen molar-refractivity contribution < 1.29 is 23.6 Å². The summed E-state index contributed by atoms with van der Waals surface area (Å²) >= 11 is 0. The number of alkyl carbamates (subject to hydrolysis) is 1. The standard InChI is InChI=1S/C17H24BNO5/c1-10-6-7-12-15-14(10)13(8-19-16(20)22-17(3,4)5)24-18(15)23-11(2)9-21-12/h6-7,11,13H,8-9H2,1-5H3,(H,19,20). The summed E-state index contributed by atoms with van der Waals surface area (Å²) in [4.78, 5) is 11.9. The Morgan fingerprint density at radius 1 is 1.38 bits per heavy atom. The van der Waals surface area contributed by atoms with Gasteiger partial charge >= 0.3 is 13.2 Å². The summed E-state index contributed by atoms with van der Waals surface area (Å²) in [6.45, 7) is 10.3. The molecule has 1 amide bonds. The first-order valence-electron chi connectivity index (χ1n) is 8.28. The van der Waals surface area contributed by atoms with Crippen LogP contribution in [0.3, 0.4) is 0 Å². The van der Waals surface area contributed by atoms with E-state index in [1.165, 1.54) is 0 Å². The Morgan fingerprint density at radius 3 is 2.83 bits per heavy atom. The zero-order valence-electron chi connectivity index (χ0n) is 14.8. The van der Waals surface area contributed by atoms with Crippen molar-refractivity contribution >= 4 is 18.7 Å². The highest BCUT2D eigenvalue weighted by Gasteiger charge is 2.43. The third kappa shape index (κ3) is 3.52. The molecule has 2 heterocycles. The van der Waals surface area contributed by atoms with Gasteiger partial charge in [-0.2, -0.15) is 0 Å². The number of hydrogen-bond donors (Lipinski definition) is 1. The normalized spacial score (nSPS) is 22.5. The van der Waals surface area contributed by atoms with Crippen LogP contribution in [-0.2, 0) is 14.0 Å². The van der Waals surface area contributed by atoms with Crippen molar-refractivity contribution in [1.29, 1.82) is 0 Å². The molecular formula is C17H24BNO5. The molecule has 1 aromatic rings. The molecule has 0 radical (unpaired) electrons. The SMILES string of the molecule is Cc1ccc2c3c1C(CNC(=O)OC(C)(C)C)OB3OC(C)CO2. The summed E-state index contributed by atoms with van der Waals surface area (Å²) in [6.07, 6.45) is -0.804. The highest BCUT2D eigenvalue weighted by molar-refractivity contribution is 6.64. The van der Waals surface area contributed by atoms with Crippen molar-refractivity contribution in [2.75, 3.05) is 13.2 Å². The van der Waals surface area contributed by atoms with Crippen LogP contribution in [0.4, 0.5) is 4.79 Å². The van der Waals surface area contributed by atoms with Crippen LogP contribution in [0.2, 0.25) is 0 Å². The minimum absolute atomic E-state index is 0.0619. The summed E-state index contributed by atoms with van der Waals surface area (Å²) in [5.74, 6) is 0.796. The molecule has 0 saturated carbocycles. The van der Waals surface area contributed by atoms with Crippen LogP contribution in [0.5, 0.6) is 5.75 Å². The second-order valence-electron chi connectivity index (χ2n) is 7.31. The van der Waals surface area contributed by atoms with Crippen LogP contribution in [0.25, 0.3) is 0 Å². The predicted molar refractivity (Wildman–Crippen MR) is 90.7 cm³/mol. The van der Waals surface area contributed by atoms with E-state index in [2.05, 4.69) is 5.32 Å². The summed E-state index contributed by atoms with van der Waals surface area (Å²) < 4.78 is 23.1. The molecule has 1 aromatic carbocycles. The lowest BCUT2D eigenvalue weighted by atomic mass is 9.76. The van der Waals surface area contributed by atoms with E-state index < -0.39 is 18.8 Å². The zero-order chi connectivity index (χ0) is 17.5. The number of rotatable bonds is 2. The molecule has 0 aliphatic carbocycles. The van der Waals surface area contributed by atoms with Crippen LogP contribution < -0.4 is 15.5 Å². The first-order chi connectivity index (χ1) is 11.2. The molecule has 3 rings (SSSR count). The molecular weight excluding hydrogens is 309 g/mol. The Kier molecular flexibility index (Phi) is 4.49. The number of nitrogens with one attached hydrogen (secondary N) is 1. The molecule has 0 fully saturated rings. The van der Waals surface area contributed by atoms with Crippen molar-refractivity contribution in [3.05, 3.63) is 23.3 Å². The molecule has 130 valence electrons. The lowest BCUT2D eigenvalue weighted by Crippen LogP contribution is -2.36. The smallest absolute Gasteiger partial charge is 0.491 e. The van der Waals surface area contributed by atoms with E-state index in [-0.39, 0.29) is 12.2 Å². The Bertz CT molecular complexity index is 643. The first kappa shape index (κ1) is 17.1. The first-order valence-corrected chi connectivity index (χ1v) is 8.28. The summed E-state index contributed by atoms with van der Waals surface area (Å²) in [5, 5.41) is 2.78. The monoisotopic (exact) mass is 333 g/mol. The van der Waals surface area contributed by atoms with E-state index >= 15 is 0 Å². The Hall–Kier alpha value is -1.73. The van der Waals surface area contributed by atoms with Gasteiger partial charge in [0, 0.05) is 12.0 Å². The van der Waals surface area contributed by atoms with Gasteiger partial charge < -0.3 is 24.1 Å². The molecule has 2 aliphatic heterocycles. The van der Waals surface area contributed by atoms with E-state index in [0.717, 1.165) is 22.3 Å². The van der Waals surface area contributed by atoms with Gasteiger partial charge in [0.2, 0.25) is 0 Å². The van der Waals surface area contributed by atoms with Gasteiger partial charge in [0.15, 0.2) is 0 Å². The molecule has 0 saturated heterocycles. The quantitative estimate of drug-likeness (QED) is 0.840. The molecule has 1 N–H and O–H groups in total. The highest BCUT2D eigenvalue weighted by Crippen LogP contribution is 2.33. The van der Waals surface area contributed by atoms with Crippen molar-refractivity contribution in [1.82, 2.24) is 5.32 Å². The van der Waals surface area contributed by atoms with Gasteiger partial charge in [0.05, 0.1) is 12.2 Å². The number of ether oxygens (including phenoxy) is 2. The lowest BCUT2D eigenvalue weighted by Gasteiger charge is -2.22. The molecule has 24 heavy (non-hydrogen) atoms. The van der Waals surface area contributed by atoms with Crippen LogP contribution in [0.15, 0.2) is 12.1 Å². The summed E-state index contributed by atoms with van der Waals surface area (Å²) in [5.41, 5.74) is 2.53. The maximum Gasteiger partial charge on any atom is 0.498 e. The number of carbonyl (C=O) groups excluding carboxylic acids is 1. The minimum Gasteiger partial charge on any atom is -0.491 e. The van der Waals surface area contributed by atoms with Crippen molar-refractivity contribution in [2.24, 2.45) is 0 Å². The Labute approximate surface area is 142 Å². The fourth-order valence-corrected chi connectivity index (χ4v) is 3.00. The van der Waals surface area contributed by atoms with Gasteiger partial charge in [0.25, 0.3) is 0 Å². The van der Waals surface area contributed by atoms with E-state index in [0.29, 0.717) is 13.2 Å².